The van der Waals surface area contributed by atoms with E-state index in [9.17, 15) is 4.79 Å². The highest BCUT2D eigenvalue weighted by Crippen LogP contribution is 2.18. The lowest BCUT2D eigenvalue weighted by Crippen LogP contribution is -2.44. The minimum Gasteiger partial charge on any atom is -0.457 e. The molecule has 0 spiro atoms. The van der Waals surface area contributed by atoms with Crippen molar-refractivity contribution >= 4 is 5.97 Å². The van der Waals surface area contributed by atoms with Crippen molar-refractivity contribution in [1.29, 1.82) is 0 Å². The molecule has 35 heavy (non-hydrogen) atoms. The highest BCUT2D eigenvalue weighted by Gasteiger charge is 2.28. The molecule has 0 fully saturated rings. The molecule has 0 aliphatic heterocycles. The van der Waals surface area contributed by atoms with Crippen molar-refractivity contribution in [3.63, 3.8) is 0 Å². The first kappa shape index (κ1) is 28.9. The topological polar surface area (TPSA) is 35.5 Å². The molecule has 0 radical (unpaired) electrons. The van der Waals surface area contributed by atoms with E-state index in [1.807, 2.05) is 25.1 Å². The molecule has 0 saturated heterocycles. The van der Waals surface area contributed by atoms with Crippen LogP contribution in [0.1, 0.15) is 82.8 Å². The van der Waals surface area contributed by atoms with E-state index in [0.29, 0.717) is 0 Å². The lowest BCUT2D eigenvalue weighted by atomic mass is 10.0. The van der Waals surface area contributed by atoms with Gasteiger partial charge in [-0.1, -0.05) is 101 Å². The smallest absolute Gasteiger partial charge is 0.317 e. The van der Waals surface area contributed by atoms with Crippen molar-refractivity contribution < 1.29 is 18.8 Å². The van der Waals surface area contributed by atoms with E-state index >= 15 is 0 Å². The quantitative estimate of drug-likeness (QED) is 0.0952. The number of rotatable bonds is 18. The normalized spacial score (nSPS) is 12.3. The minimum absolute atomic E-state index is 0.0390. The molecule has 1 atom stereocenters. The number of unbranched alkanes of at least 4 members (excludes halogenated alkanes) is 7. The summed E-state index contributed by atoms with van der Waals surface area (Å²) in [5.41, 5.74) is 2.56. The van der Waals surface area contributed by atoms with Crippen LogP contribution in [0.3, 0.4) is 0 Å². The number of nitrogens with zero attached hydrogens (tertiary/aromatic N) is 1. The van der Waals surface area contributed by atoms with E-state index < -0.39 is 0 Å². The predicted octanol–water partition coefficient (Wildman–Crippen LogP) is 7.55. The number of hydrogen-bond acceptors (Lipinski definition) is 3. The van der Waals surface area contributed by atoms with Gasteiger partial charge < -0.3 is 14.0 Å². The number of aryl methyl sites for hydroxylation is 1. The van der Waals surface area contributed by atoms with Crippen molar-refractivity contribution in [3.05, 3.63) is 65.7 Å². The van der Waals surface area contributed by atoms with E-state index in [1.54, 1.807) is 0 Å². The number of benzene rings is 2. The average molecular weight is 483 g/mol. The van der Waals surface area contributed by atoms with Gasteiger partial charge in [0.15, 0.2) is 0 Å². The fraction of sp³-hybridized carbons (Fsp3) is 0.581. The van der Waals surface area contributed by atoms with Gasteiger partial charge in [-0.25, -0.2) is 0 Å². The third-order valence-corrected chi connectivity index (χ3v) is 6.64. The van der Waals surface area contributed by atoms with E-state index in [-0.39, 0.29) is 18.7 Å². The van der Waals surface area contributed by atoms with Crippen molar-refractivity contribution in [1.82, 2.24) is 0 Å². The standard InChI is InChI=1S/C31H48NO3/c1-5-7-8-9-10-11-12-14-18-27-21-17-22-30(23-27)34-26-35-31(33)29(6-2)25-32(3,4)24-28-19-15-13-16-20-28/h13,15-17,19-23,29H,5-12,14,18,24-26H2,1-4H3/q+1. The minimum atomic E-state index is -0.179. The van der Waals surface area contributed by atoms with Gasteiger partial charge in [0.2, 0.25) is 6.79 Å². The fourth-order valence-corrected chi connectivity index (χ4v) is 4.64. The van der Waals surface area contributed by atoms with Crippen LogP contribution in [0.25, 0.3) is 0 Å². The van der Waals surface area contributed by atoms with Crippen LogP contribution in [0.2, 0.25) is 0 Å². The summed E-state index contributed by atoms with van der Waals surface area (Å²) in [6, 6.07) is 18.6. The van der Waals surface area contributed by atoms with Gasteiger partial charge in [0.25, 0.3) is 0 Å². The largest absolute Gasteiger partial charge is 0.457 e. The van der Waals surface area contributed by atoms with E-state index in [2.05, 4.69) is 57.4 Å². The molecule has 0 bridgehead atoms. The average Bonchev–Trinajstić information content (AvgIpc) is 2.85. The molecule has 1 unspecified atom stereocenters. The van der Waals surface area contributed by atoms with Gasteiger partial charge in [-0.2, -0.15) is 0 Å². The number of ether oxygens (including phenoxy) is 2. The second kappa shape index (κ2) is 16.4. The van der Waals surface area contributed by atoms with Crippen LogP contribution in [0.15, 0.2) is 54.6 Å². The Balaban J connectivity index is 1.70. The summed E-state index contributed by atoms with van der Waals surface area (Å²) in [4.78, 5) is 12.7. The molecule has 4 heteroatoms. The molecule has 0 amide bonds. The van der Waals surface area contributed by atoms with Gasteiger partial charge >= 0.3 is 5.97 Å². The number of hydrogen-bond donors (Lipinski definition) is 0. The number of quaternary nitrogens is 1. The number of carbonyl (C=O) groups excluding carboxylic acids is 1. The van der Waals surface area contributed by atoms with Crippen LogP contribution < -0.4 is 4.74 Å². The van der Waals surface area contributed by atoms with Crippen LogP contribution in [0.5, 0.6) is 5.75 Å². The first-order valence-corrected chi connectivity index (χ1v) is 13.7. The number of esters is 1. The van der Waals surface area contributed by atoms with E-state index in [0.717, 1.165) is 36.2 Å². The summed E-state index contributed by atoms with van der Waals surface area (Å²) in [7, 11) is 4.33. The Bertz CT molecular complexity index is 834. The molecule has 4 nitrogen and oxygen atoms in total. The van der Waals surface area contributed by atoms with Gasteiger partial charge in [0, 0.05) is 5.56 Å². The Kier molecular flexibility index (Phi) is 13.5. The number of carbonyl (C=O) groups is 1. The second-order valence-corrected chi connectivity index (χ2v) is 10.5. The zero-order chi connectivity index (χ0) is 25.4. The molecule has 0 aromatic heterocycles. The Morgan fingerprint density at radius 1 is 0.829 bits per heavy atom. The Labute approximate surface area is 214 Å². The summed E-state index contributed by atoms with van der Waals surface area (Å²) >= 11 is 0. The second-order valence-electron chi connectivity index (χ2n) is 10.5. The maximum atomic E-state index is 12.7. The van der Waals surface area contributed by atoms with Crippen molar-refractivity contribution in [3.8, 4) is 5.75 Å². The van der Waals surface area contributed by atoms with Crippen LogP contribution in [0, 0.1) is 5.92 Å². The third-order valence-electron chi connectivity index (χ3n) is 6.64. The van der Waals surface area contributed by atoms with E-state index in [1.165, 1.54) is 62.5 Å². The van der Waals surface area contributed by atoms with Gasteiger partial charge in [-0.05, 0) is 37.0 Å². The first-order valence-electron chi connectivity index (χ1n) is 13.7. The summed E-state index contributed by atoms with van der Waals surface area (Å²) in [5.74, 6) is 0.440. The van der Waals surface area contributed by atoms with Gasteiger partial charge in [-0.15, -0.1) is 0 Å². The third kappa shape index (κ3) is 12.3. The van der Waals surface area contributed by atoms with Gasteiger partial charge in [-0.3, -0.25) is 4.79 Å². The monoisotopic (exact) mass is 482 g/mol. The summed E-state index contributed by atoms with van der Waals surface area (Å²) in [6.45, 7) is 5.88. The zero-order valence-corrected chi connectivity index (χ0v) is 22.6. The molecule has 2 aromatic rings. The lowest BCUT2D eigenvalue weighted by molar-refractivity contribution is -0.906. The summed E-state index contributed by atoms with van der Waals surface area (Å²) < 4.78 is 12.0. The molecular weight excluding hydrogens is 434 g/mol. The van der Waals surface area contributed by atoms with Crippen LogP contribution in [-0.4, -0.2) is 37.9 Å². The van der Waals surface area contributed by atoms with Gasteiger partial charge in [0.05, 0.1) is 20.6 Å². The predicted molar refractivity (Wildman–Crippen MR) is 145 cm³/mol. The van der Waals surface area contributed by atoms with Crippen molar-refractivity contribution in [2.24, 2.45) is 5.92 Å². The van der Waals surface area contributed by atoms with Crippen molar-refractivity contribution in [2.75, 3.05) is 27.4 Å². The van der Waals surface area contributed by atoms with Crippen LogP contribution >= 0.6 is 0 Å². The van der Waals surface area contributed by atoms with Gasteiger partial charge in [0.1, 0.15) is 18.2 Å². The molecule has 194 valence electrons. The van der Waals surface area contributed by atoms with Crippen LogP contribution in [0.4, 0.5) is 0 Å². The molecule has 0 aliphatic rings. The summed E-state index contributed by atoms with van der Waals surface area (Å²) in [5, 5.41) is 0. The van der Waals surface area contributed by atoms with Crippen molar-refractivity contribution in [2.45, 2.75) is 84.6 Å². The highest BCUT2D eigenvalue weighted by molar-refractivity contribution is 5.72. The molecule has 0 N–H and O–H groups in total. The molecule has 0 saturated carbocycles. The lowest BCUT2D eigenvalue weighted by Gasteiger charge is -2.32. The SMILES string of the molecule is CCCCCCCCCCc1cccc(OCOC(=O)C(CC)C[N+](C)(C)Cc2ccccc2)c1. The fourth-order valence-electron chi connectivity index (χ4n) is 4.64. The first-order chi connectivity index (χ1) is 16.9. The zero-order valence-electron chi connectivity index (χ0n) is 22.6. The molecule has 2 aromatic carbocycles. The summed E-state index contributed by atoms with van der Waals surface area (Å²) in [6.07, 6.45) is 12.4. The maximum Gasteiger partial charge on any atom is 0.317 e. The van der Waals surface area contributed by atoms with E-state index in [4.69, 9.17) is 9.47 Å². The Hall–Kier alpha value is -2.33. The highest BCUT2D eigenvalue weighted by atomic mass is 16.7. The molecule has 0 aliphatic carbocycles. The Morgan fingerprint density at radius 2 is 1.49 bits per heavy atom. The van der Waals surface area contributed by atoms with Crippen LogP contribution in [-0.2, 0) is 22.5 Å². The molecular formula is C31H48NO3+. The Morgan fingerprint density at radius 3 is 2.17 bits per heavy atom. The molecule has 2 rings (SSSR count). The molecule has 0 heterocycles. The maximum absolute atomic E-state index is 12.7.